The first kappa shape index (κ1) is 7.72. The van der Waals surface area contributed by atoms with Crippen LogP contribution < -0.4 is 4.73 Å². The molecule has 0 aromatic carbocycles. The number of pyridine rings is 1. The van der Waals surface area contributed by atoms with Gasteiger partial charge in [-0.2, -0.15) is 0 Å². The van der Waals surface area contributed by atoms with Crippen LogP contribution >= 0.6 is 0 Å². The standard InChI is InChI=1S/C8H11N2O/c1-7-3-4-8(5-9-2)10(11)6-7/h3-6,11H,1-2H3/q+1. The summed E-state index contributed by atoms with van der Waals surface area (Å²) in [5.74, 6) is 0. The van der Waals surface area contributed by atoms with Crippen molar-refractivity contribution in [3.63, 3.8) is 0 Å². The van der Waals surface area contributed by atoms with Gasteiger partial charge in [-0.3, -0.25) is 10.2 Å². The van der Waals surface area contributed by atoms with Crippen molar-refractivity contribution in [2.75, 3.05) is 7.05 Å². The lowest BCUT2D eigenvalue weighted by Gasteiger charge is -1.89. The molecule has 0 aliphatic rings. The maximum absolute atomic E-state index is 9.25. The molecule has 1 heterocycles. The van der Waals surface area contributed by atoms with Crippen LogP contribution in [0.4, 0.5) is 0 Å². The first-order chi connectivity index (χ1) is 5.24. The number of hydrogen-bond acceptors (Lipinski definition) is 2. The van der Waals surface area contributed by atoms with Crippen molar-refractivity contribution in [2.45, 2.75) is 6.92 Å². The van der Waals surface area contributed by atoms with Crippen LogP contribution in [0.3, 0.4) is 0 Å². The Morgan fingerprint density at radius 2 is 2.27 bits per heavy atom. The molecule has 0 aliphatic carbocycles. The number of rotatable bonds is 1. The van der Waals surface area contributed by atoms with Gasteiger partial charge < -0.3 is 0 Å². The van der Waals surface area contributed by atoms with Crippen molar-refractivity contribution in [2.24, 2.45) is 4.99 Å². The molecule has 58 valence electrons. The first-order valence-corrected chi connectivity index (χ1v) is 3.38. The molecule has 1 aromatic rings. The van der Waals surface area contributed by atoms with Gasteiger partial charge in [0.25, 0.3) is 5.69 Å². The van der Waals surface area contributed by atoms with Crippen LogP contribution in [-0.2, 0) is 0 Å². The van der Waals surface area contributed by atoms with E-state index in [1.54, 1.807) is 19.5 Å². The summed E-state index contributed by atoms with van der Waals surface area (Å²) in [7, 11) is 1.67. The molecule has 1 rings (SSSR count). The Morgan fingerprint density at radius 1 is 1.55 bits per heavy atom. The Kier molecular flexibility index (Phi) is 2.21. The molecule has 11 heavy (non-hydrogen) atoms. The van der Waals surface area contributed by atoms with Gasteiger partial charge in [-0.05, 0) is 13.0 Å². The highest BCUT2D eigenvalue weighted by Gasteiger charge is 2.04. The number of hydrogen-bond donors (Lipinski definition) is 1. The minimum absolute atomic E-state index is 0.679. The molecule has 0 fully saturated rings. The van der Waals surface area contributed by atoms with Crippen molar-refractivity contribution in [1.29, 1.82) is 0 Å². The van der Waals surface area contributed by atoms with Gasteiger partial charge in [0.2, 0.25) is 6.20 Å². The second-order valence-corrected chi connectivity index (χ2v) is 2.36. The third-order valence-corrected chi connectivity index (χ3v) is 1.37. The average molecular weight is 151 g/mol. The summed E-state index contributed by atoms with van der Waals surface area (Å²) in [6, 6.07) is 3.73. The highest BCUT2D eigenvalue weighted by Crippen LogP contribution is 1.92. The molecule has 0 saturated carbocycles. The van der Waals surface area contributed by atoms with E-state index in [1.807, 2.05) is 19.1 Å². The van der Waals surface area contributed by atoms with Crippen molar-refractivity contribution >= 4 is 6.21 Å². The van der Waals surface area contributed by atoms with E-state index in [2.05, 4.69) is 4.99 Å². The molecule has 0 amide bonds. The predicted octanol–water partition coefficient (Wildman–Crippen LogP) is 0.569. The van der Waals surface area contributed by atoms with Crippen LogP contribution in [0.2, 0.25) is 0 Å². The Bertz CT molecular complexity index is 281. The normalized spacial score (nSPS) is 10.7. The number of aromatic nitrogens is 1. The Hall–Kier alpha value is -1.38. The second-order valence-electron chi connectivity index (χ2n) is 2.36. The lowest BCUT2D eigenvalue weighted by molar-refractivity contribution is -0.905. The third-order valence-electron chi connectivity index (χ3n) is 1.37. The molecule has 0 radical (unpaired) electrons. The summed E-state index contributed by atoms with van der Waals surface area (Å²) >= 11 is 0. The minimum atomic E-state index is 0.679. The SMILES string of the molecule is CN=Cc1ccc(C)c[n+]1O. The number of aliphatic imine (C=N–C) groups is 1. The zero-order valence-corrected chi connectivity index (χ0v) is 6.65. The quantitative estimate of drug-likeness (QED) is 0.355. The monoisotopic (exact) mass is 151 g/mol. The molecule has 3 nitrogen and oxygen atoms in total. The highest BCUT2D eigenvalue weighted by molar-refractivity contribution is 5.74. The van der Waals surface area contributed by atoms with E-state index >= 15 is 0 Å². The highest BCUT2D eigenvalue weighted by atomic mass is 16.5. The summed E-state index contributed by atoms with van der Waals surface area (Å²) in [6.07, 6.45) is 3.23. The van der Waals surface area contributed by atoms with Crippen molar-refractivity contribution in [1.82, 2.24) is 0 Å². The number of aryl methyl sites for hydroxylation is 1. The lowest BCUT2D eigenvalue weighted by Crippen LogP contribution is -2.34. The van der Waals surface area contributed by atoms with Crippen LogP contribution in [-0.4, -0.2) is 18.5 Å². The molecular weight excluding hydrogens is 140 g/mol. The van der Waals surface area contributed by atoms with E-state index in [-0.39, 0.29) is 0 Å². The van der Waals surface area contributed by atoms with E-state index in [4.69, 9.17) is 0 Å². The fraction of sp³-hybridized carbons (Fsp3) is 0.250. The fourth-order valence-electron chi connectivity index (χ4n) is 0.838. The molecule has 0 spiro atoms. The predicted molar refractivity (Wildman–Crippen MR) is 42.1 cm³/mol. The van der Waals surface area contributed by atoms with Gasteiger partial charge >= 0.3 is 0 Å². The summed E-state index contributed by atoms with van der Waals surface area (Å²) in [4.78, 5) is 3.79. The fourth-order valence-corrected chi connectivity index (χ4v) is 0.838. The average Bonchev–Trinajstić information content (AvgIpc) is 1.95. The van der Waals surface area contributed by atoms with Crippen LogP contribution in [0.5, 0.6) is 0 Å². The molecule has 3 heteroatoms. The molecule has 1 N–H and O–H groups in total. The summed E-state index contributed by atoms with van der Waals surface area (Å²) in [6.45, 7) is 1.92. The van der Waals surface area contributed by atoms with Crippen molar-refractivity contribution in [3.05, 3.63) is 29.6 Å². The van der Waals surface area contributed by atoms with E-state index < -0.39 is 0 Å². The minimum Gasteiger partial charge on any atom is -0.289 e. The molecular formula is C8H11N2O+. The zero-order chi connectivity index (χ0) is 8.27. The molecule has 1 aromatic heterocycles. The van der Waals surface area contributed by atoms with E-state index in [9.17, 15) is 5.21 Å². The van der Waals surface area contributed by atoms with E-state index in [0.717, 1.165) is 10.3 Å². The molecule has 0 atom stereocenters. The Labute approximate surface area is 65.6 Å². The lowest BCUT2D eigenvalue weighted by atomic mass is 10.3. The molecule has 0 saturated heterocycles. The van der Waals surface area contributed by atoms with Gasteiger partial charge in [-0.25, -0.2) is 0 Å². The van der Waals surface area contributed by atoms with Crippen LogP contribution in [0.15, 0.2) is 23.3 Å². The summed E-state index contributed by atoms with van der Waals surface area (Å²) < 4.78 is 1.06. The van der Waals surface area contributed by atoms with Gasteiger partial charge in [-0.15, -0.1) is 0 Å². The van der Waals surface area contributed by atoms with Gasteiger partial charge in [-0.1, -0.05) is 0 Å². The van der Waals surface area contributed by atoms with Gasteiger partial charge in [0, 0.05) is 23.4 Å². The first-order valence-electron chi connectivity index (χ1n) is 3.38. The Morgan fingerprint density at radius 3 is 2.82 bits per heavy atom. The van der Waals surface area contributed by atoms with Crippen LogP contribution in [0.25, 0.3) is 0 Å². The topological polar surface area (TPSA) is 36.5 Å². The maximum Gasteiger partial charge on any atom is 0.274 e. The number of nitrogens with zero attached hydrogens (tertiary/aromatic N) is 2. The Balaban J connectivity index is 3.09. The van der Waals surface area contributed by atoms with Gasteiger partial charge in [0.05, 0.1) is 6.21 Å². The maximum atomic E-state index is 9.25. The van der Waals surface area contributed by atoms with E-state index in [1.165, 1.54) is 0 Å². The van der Waals surface area contributed by atoms with Gasteiger partial charge in [0.1, 0.15) is 0 Å². The second kappa shape index (κ2) is 3.14. The van der Waals surface area contributed by atoms with E-state index in [0.29, 0.717) is 5.69 Å². The summed E-state index contributed by atoms with van der Waals surface area (Å²) in [5.41, 5.74) is 1.69. The molecule has 0 aliphatic heterocycles. The van der Waals surface area contributed by atoms with Crippen LogP contribution in [0, 0.1) is 6.92 Å². The zero-order valence-electron chi connectivity index (χ0n) is 6.65. The third kappa shape index (κ3) is 1.77. The van der Waals surface area contributed by atoms with Crippen LogP contribution in [0.1, 0.15) is 11.3 Å². The van der Waals surface area contributed by atoms with Crippen molar-refractivity contribution < 1.29 is 9.94 Å². The summed E-state index contributed by atoms with van der Waals surface area (Å²) in [5, 5.41) is 9.25. The van der Waals surface area contributed by atoms with Crippen molar-refractivity contribution in [3.8, 4) is 0 Å². The molecule has 0 bridgehead atoms. The molecule has 0 unspecified atom stereocenters. The smallest absolute Gasteiger partial charge is 0.274 e. The van der Waals surface area contributed by atoms with Gasteiger partial charge in [0.15, 0.2) is 0 Å². The largest absolute Gasteiger partial charge is 0.289 e.